The normalized spacial score (nSPS) is 10.6. The summed E-state index contributed by atoms with van der Waals surface area (Å²) in [6.07, 6.45) is 3.60. The standard InChI is InChI=1S/C14H19N3O/c1-3-15-9-12-6-7-14(16-10-12)17(2)11-13-5-4-8-18-13/h4-8,10,15H,3,9,11H2,1-2H3. The van der Waals surface area contributed by atoms with Crippen LogP contribution in [0.3, 0.4) is 0 Å². The molecule has 1 N–H and O–H groups in total. The van der Waals surface area contributed by atoms with Crippen LogP contribution in [0.25, 0.3) is 0 Å². The Morgan fingerprint density at radius 1 is 1.33 bits per heavy atom. The Bertz CT molecular complexity index is 450. The minimum atomic E-state index is 0.729. The van der Waals surface area contributed by atoms with Gasteiger partial charge < -0.3 is 14.6 Å². The van der Waals surface area contributed by atoms with Crippen LogP contribution in [0.4, 0.5) is 5.82 Å². The first-order valence-corrected chi connectivity index (χ1v) is 6.18. The zero-order chi connectivity index (χ0) is 12.8. The fraction of sp³-hybridized carbons (Fsp3) is 0.357. The zero-order valence-corrected chi connectivity index (χ0v) is 10.9. The first kappa shape index (κ1) is 12.6. The number of hydrogen-bond donors (Lipinski definition) is 1. The van der Waals surface area contributed by atoms with E-state index in [2.05, 4.69) is 28.2 Å². The second-order valence-electron chi connectivity index (χ2n) is 4.24. The molecule has 0 radical (unpaired) electrons. The highest BCUT2D eigenvalue weighted by Gasteiger charge is 2.05. The van der Waals surface area contributed by atoms with Crippen LogP contribution in [0.2, 0.25) is 0 Å². The predicted octanol–water partition coefficient (Wildman–Crippen LogP) is 2.42. The molecule has 0 bridgehead atoms. The molecule has 0 aliphatic heterocycles. The molecule has 0 unspecified atom stereocenters. The van der Waals surface area contributed by atoms with Crippen LogP contribution < -0.4 is 10.2 Å². The maximum atomic E-state index is 5.32. The van der Waals surface area contributed by atoms with E-state index >= 15 is 0 Å². The molecule has 0 amide bonds. The molecule has 0 aliphatic carbocycles. The van der Waals surface area contributed by atoms with Crippen LogP contribution in [0.15, 0.2) is 41.1 Å². The van der Waals surface area contributed by atoms with Gasteiger partial charge in [-0.2, -0.15) is 0 Å². The molecule has 2 heterocycles. The Kier molecular flexibility index (Phi) is 4.36. The van der Waals surface area contributed by atoms with Crippen molar-refractivity contribution >= 4 is 5.82 Å². The summed E-state index contributed by atoms with van der Waals surface area (Å²) >= 11 is 0. The number of nitrogens with zero attached hydrogens (tertiary/aromatic N) is 2. The molecule has 0 aromatic carbocycles. The molecule has 2 aromatic heterocycles. The molecule has 96 valence electrons. The number of furan rings is 1. The summed E-state index contributed by atoms with van der Waals surface area (Å²) < 4.78 is 5.32. The number of rotatable bonds is 6. The summed E-state index contributed by atoms with van der Waals surface area (Å²) in [7, 11) is 2.01. The SMILES string of the molecule is CCNCc1ccc(N(C)Cc2ccco2)nc1. The third kappa shape index (κ3) is 3.34. The predicted molar refractivity (Wildman–Crippen MR) is 72.4 cm³/mol. The lowest BCUT2D eigenvalue weighted by Crippen LogP contribution is -2.17. The fourth-order valence-corrected chi connectivity index (χ4v) is 1.73. The molecule has 2 aromatic rings. The van der Waals surface area contributed by atoms with Crippen LogP contribution in [0.5, 0.6) is 0 Å². The lowest BCUT2D eigenvalue weighted by atomic mass is 10.2. The van der Waals surface area contributed by atoms with Gasteiger partial charge in [-0.15, -0.1) is 0 Å². The minimum Gasteiger partial charge on any atom is -0.467 e. The Morgan fingerprint density at radius 2 is 2.22 bits per heavy atom. The number of pyridine rings is 1. The van der Waals surface area contributed by atoms with Gasteiger partial charge in [0.25, 0.3) is 0 Å². The van der Waals surface area contributed by atoms with Crippen LogP contribution in [-0.4, -0.2) is 18.6 Å². The average Bonchev–Trinajstić information content (AvgIpc) is 2.89. The summed E-state index contributed by atoms with van der Waals surface area (Å²) in [5.74, 6) is 1.89. The Balaban J connectivity index is 1.96. The Labute approximate surface area is 108 Å². The number of nitrogens with one attached hydrogen (secondary N) is 1. The van der Waals surface area contributed by atoms with E-state index in [-0.39, 0.29) is 0 Å². The topological polar surface area (TPSA) is 41.3 Å². The first-order chi connectivity index (χ1) is 8.79. The van der Waals surface area contributed by atoms with Crippen molar-refractivity contribution in [2.24, 2.45) is 0 Å². The summed E-state index contributed by atoms with van der Waals surface area (Å²) in [6, 6.07) is 8.01. The van der Waals surface area contributed by atoms with Crippen LogP contribution >= 0.6 is 0 Å². The van der Waals surface area contributed by atoms with Crippen molar-refractivity contribution in [3.63, 3.8) is 0 Å². The van der Waals surface area contributed by atoms with Gasteiger partial charge in [-0.05, 0) is 30.3 Å². The first-order valence-electron chi connectivity index (χ1n) is 6.18. The van der Waals surface area contributed by atoms with Crippen LogP contribution in [0, 0.1) is 0 Å². The van der Waals surface area contributed by atoms with E-state index in [1.807, 2.05) is 31.4 Å². The smallest absolute Gasteiger partial charge is 0.128 e. The Hall–Kier alpha value is -1.81. The van der Waals surface area contributed by atoms with E-state index in [9.17, 15) is 0 Å². The van der Waals surface area contributed by atoms with E-state index in [1.54, 1.807) is 6.26 Å². The summed E-state index contributed by atoms with van der Waals surface area (Å²) in [5.41, 5.74) is 1.20. The van der Waals surface area contributed by atoms with Crippen molar-refractivity contribution in [2.75, 3.05) is 18.5 Å². The molecule has 0 saturated carbocycles. The highest BCUT2D eigenvalue weighted by Crippen LogP contribution is 2.13. The van der Waals surface area contributed by atoms with Gasteiger partial charge in [-0.25, -0.2) is 4.98 Å². The molecular formula is C14H19N3O. The second kappa shape index (κ2) is 6.21. The van der Waals surface area contributed by atoms with Gasteiger partial charge in [0.15, 0.2) is 0 Å². The highest BCUT2D eigenvalue weighted by atomic mass is 16.3. The summed E-state index contributed by atoms with van der Waals surface area (Å²) in [5, 5.41) is 3.28. The second-order valence-corrected chi connectivity index (χ2v) is 4.24. The third-order valence-electron chi connectivity index (χ3n) is 2.75. The third-order valence-corrected chi connectivity index (χ3v) is 2.75. The fourth-order valence-electron chi connectivity index (χ4n) is 1.73. The van der Waals surface area contributed by atoms with Crippen molar-refractivity contribution in [3.8, 4) is 0 Å². The lowest BCUT2D eigenvalue weighted by Gasteiger charge is -2.16. The van der Waals surface area contributed by atoms with E-state index in [4.69, 9.17) is 4.42 Å². The van der Waals surface area contributed by atoms with Crippen molar-refractivity contribution < 1.29 is 4.42 Å². The van der Waals surface area contributed by atoms with E-state index in [1.165, 1.54) is 5.56 Å². The van der Waals surface area contributed by atoms with Gasteiger partial charge in [-0.1, -0.05) is 13.0 Å². The molecule has 0 fully saturated rings. The van der Waals surface area contributed by atoms with Gasteiger partial charge in [0.2, 0.25) is 0 Å². The summed E-state index contributed by atoms with van der Waals surface area (Å²) in [4.78, 5) is 6.52. The van der Waals surface area contributed by atoms with Crippen molar-refractivity contribution in [2.45, 2.75) is 20.0 Å². The maximum Gasteiger partial charge on any atom is 0.128 e. The average molecular weight is 245 g/mol. The minimum absolute atomic E-state index is 0.729. The van der Waals surface area contributed by atoms with Crippen molar-refractivity contribution in [1.29, 1.82) is 0 Å². The lowest BCUT2D eigenvalue weighted by molar-refractivity contribution is 0.507. The van der Waals surface area contributed by atoms with Crippen LogP contribution in [-0.2, 0) is 13.1 Å². The molecule has 0 spiro atoms. The zero-order valence-electron chi connectivity index (χ0n) is 10.9. The summed E-state index contributed by atoms with van der Waals surface area (Å²) in [6.45, 7) is 4.66. The molecular weight excluding hydrogens is 226 g/mol. The number of hydrogen-bond acceptors (Lipinski definition) is 4. The number of anilines is 1. The van der Waals surface area contributed by atoms with E-state index in [0.717, 1.165) is 31.2 Å². The van der Waals surface area contributed by atoms with Crippen LogP contribution in [0.1, 0.15) is 18.2 Å². The molecule has 0 atom stereocenters. The quantitative estimate of drug-likeness (QED) is 0.848. The van der Waals surface area contributed by atoms with Gasteiger partial charge in [0.1, 0.15) is 11.6 Å². The largest absolute Gasteiger partial charge is 0.467 e. The molecule has 2 rings (SSSR count). The van der Waals surface area contributed by atoms with Gasteiger partial charge >= 0.3 is 0 Å². The molecule has 4 nitrogen and oxygen atoms in total. The monoisotopic (exact) mass is 245 g/mol. The molecule has 18 heavy (non-hydrogen) atoms. The van der Waals surface area contributed by atoms with Gasteiger partial charge in [0.05, 0.1) is 12.8 Å². The Morgan fingerprint density at radius 3 is 2.83 bits per heavy atom. The molecule has 4 heteroatoms. The van der Waals surface area contributed by atoms with Crippen molar-refractivity contribution in [3.05, 3.63) is 48.0 Å². The van der Waals surface area contributed by atoms with Gasteiger partial charge in [-0.3, -0.25) is 0 Å². The van der Waals surface area contributed by atoms with Crippen molar-refractivity contribution in [1.82, 2.24) is 10.3 Å². The maximum absolute atomic E-state index is 5.32. The van der Waals surface area contributed by atoms with Gasteiger partial charge in [0, 0.05) is 19.8 Å². The molecule has 0 saturated heterocycles. The van der Waals surface area contributed by atoms with E-state index in [0.29, 0.717) is 0 Å². The number of aromatic nitrogens is 1. The van der Waals surface area contributed by atoms with E-state index < -0.39 is 0 Å². The highest BCUT2D eigenvalue weighted by molar-refractivity contribution is 5.38. The molecule has 0 aliphatic rings.